The molecule has 36 heavy (non-hydrogen) atoms. The third-order valence-electron chi connectivity index (χ3n) is 6.98. The molecular formula is C28H37N3O5. The Morgan fingerprint density at radius 3 is 2.61 bits per heavy atom. The third-order valence-corrected chi connectivity index (χ3v) is 6.98. The van der Waals surface area contributed by atoms with E-state index in [2.05, 4.69) is 24.2 Å². The molecule has 194 valence electrons. The molecule has 8 nitrogen and oxygen atoms in total. The fourth-order valence-corrected chi connectivity index (χ4v) is 4.52. The minimum Gasteiger partial charge on any atom is -0.497 e. The summed E-state index contributed by atoms with van der Waals surface area (Å²) < 4.78 is 11.7. The van der Waals surface area contributed by atoms with Crippen molar-refractivity contribution in [1.29, 1.82) is 0 Å². The first kappa shape index (κ1) is 26.0. The van der Waals surface area contributed by atoms with Crippen LogP contribution in [0.2, 0.25) is 0 Å². The van der Waals surface area contributed by atoms with Gasteiger partial charge in [0.15, 0.2) is 0 Å². The number of carbonyl (C=O) groups is 2. The zero-order valence-corrected chi connectivity index (χ0v) is 21.6. The van der Waals surface area contributed by atoms with E-state index in [9.17, 15) is 14.7 Å². The fraction of sp³-hybridized carbons (Fsp3) is 0.500. The lowest BCUT2D eigenvalue weighted by Gasteiger charge is -2.38. The summed E-state index contributed by atoms with van der Waals surface area (Å²) in [4.78, 5) is 29.8. The van der Waals surface area contributed by atoms with Crippen LogP contribution in [0.3, 0.4) is 0 Å². The molecule has 0 bridgehead atoms. The first-order valence-corrected chi connectivity index (χ1v) is 12.6. The van der Waals surface area contributed by atoms with Crippen LogP contribution in [-0.4, -0.2) is 72.7 Å². The molecule has 1 saturated carbocycles. The number of hydrogen-bond acceptors (Lipinski definition) is 6. The van der Waals surface area contributed by atoms with E-state index < -0.39 is 0 Å². The van der Waals surface area contributed by atoms with Gasteiger partial charge in [0.25, 0.3) is 5.91 Å². The van der Waals surface area contributed by atoms with Gasteiger partial charge in [-0.3, -0.25) is 14.5 Å². The number of hydrogen-bond donors (Lipinski definition) is 2. The lowest BCUT2D eigenvalue weighted by Crippen LogP contribution is -2.49. The maximum absolute atomic E-state index is 13.5. The molecule has 2 aromatic carbocycles. The number of ether oxygens (including phenoxy) is 2. The van der Waals surface area contributed by atoms with Crippen LogP contribution in [-0.2, 0) is 11.3 Å². The number of anilines is 1. The largest absolute Gasteiger partial charge is 0.497 e. The molecule has 1 fully saturated rings. The van der Waals surface area contributed by atoms with Gasteiger partial charge in [-0.1, -0.05) is 19.1 Å². The second-order valence-electron chi connectivity index (χ2n) is 10.1. The Balaban J connectivity index is 1.56. The van der Waals surface area contributed by atoms with E-state index in [1.54, 1.807) is 30.2 Å². The van der Waals surface area contributed by atoms with Crippen molar-refractivity contribution in [3.05, 3.63) is 53.6 Å². The molecule has 3 atom stereocenters. The van der Waals surface area contributed by atoms with Gasteiger partial charge in [0.05, 0.1) is 25.3 Å². The Bertz CT molecular complexity index is 1070. The highest BCUT2D eigenvalue weighted by molar-refractivity contribution is 6.00. The highest BCUT2D eigenvalue weighted by Gasteiger charge is 2.34. The van der Waals surface area contributed by atoms with Gasteiger partial charge in [-0.15, -0.1) is 0 Å². The molecule has 1 aliphatic carbocycles. The predicted octanol–water partition coefficient (Wildman–Crippen LogP) is 3.40. The monoisotopic (exact) mass is 495 g/mol. The van der Waals surface area contributed by atoms with Crippen LogP contribution in [0, 0.1) is 11.8 Å². The summed E-state index contributed by atoms with van der Waals surface area (Å²) in [6.45, 7) is 5.64. The van der Waals surface area contributed by atoms with E-state index in [0.29, 0.717) is 30.1 Å². The summed E-state index contributed by atoms with van der Waals surface area (Å²) in [5.74, 6) is 1.20. The molecule has 2 N–H and O–H groups in total. The molecule has 2 aliphatic rings. The van der Waals surface area contributed by atoms with Crippen molar-refractivity contribution in [1.82, 2.24) is 9.80 Å². The minimum absolute atomic E-state index is 0.0126. The van der Waals surface area contributed by atoms with Gasteiger partial charge in [-0.2, -0.15) is 0 Å². The van der Waals surface area contributed by atoms with E-state index >= 15 is 0 Å². The molecular weight excluding hydrogens is 458 g/mol. The predicted molar refractivity (Wildman–Crippen MR) is 138 cm³/mol. The van der Waals surface area contributed by atoms with Crippen LogP contribution in [0.25, 0.3) is 0 Å². The van der Waals surface area contributed by atoms with Crippen molar-refractivity contribution in [2.24, 2.45) is 11.8 Å². The van der Waals surface area contributed by atoms with Gasteiger partial charge < -0.3 is 24.8 Å². The number of likely N-dealkylation sites (N-methyl/N-ethyl adjacent to an activating group) is 1. The second-order valence-corrected chi connectivity index (χ2v) is 10.1. The maximum atomic E-state index is 13.5. The van der Waals surface area contributed by atoms with Crippen LogP contribution in [0.1, 0.15) is 42.6 Å². The Morgan fingerprint density at radius 2 is 1.97 bits per heavy atom. The summed E-state index contributed by atoms with van der Waals surface area (Å²) in [5, 5.41) is 12.8. The van der Waals surface area contributed by atoms with Crippen molar-refractivity contribution < 1.29 is 24.2 Å². The zero-order valence-electron chi connectivity index (χ0n) is 21.6. The second kappa shape index (κ2) is 11.3. The zero-order chi connectivity index (χ0) is 25.8. The number of nitrogens with zero attached hydrogens (tertiary/aromatic N) is 2. The topological polar surface area (TPSA) is 91.3 Å². The Hall–Kier alpha value is -3.10. The smallest absolute Gasteiger partial charge is 0.258 e. The lowest BCUT2D eigenvalue weighted by molar-refractivity contribution is -0.117. The van der Waals surface area contributed by atoms with Gasteiger partial charge in [0.1, 0.15) is 17.6 Å². The van der Waals surface area contributed by atoms with Gasteiger partial charge in [-0.25, -0.2) is 0 Å². The number of nitrogens with one attached hydrogen (secondary N) is 1. The van der Waals surface area contributed by atoms with Gasteiger partial charge >= 0.3 is 0 Å². The number of fused-ring (bicyclic) bond motifs is 1. The van der Waals surface area contributed by atoms with Crippen LogP contribution in [0.4, 0.5) is 5.69 Å². The van der Waals surface area contributed by atoms with Crippen LogP contribution >= 0.6 is 0 Å². The summed E-state index contributed by atoms with van der Waals surface area (Å²) in [7, 11) is 3.71. The van der Waals surface area contributed by atoms with Crippen molar-refractivity contribution in [3.8, 4) is 11.5 Å². The van der Waals surface area contributed by atoms with Crippen molar-refractivity contribution in [3.63, 3.8) is 0 Å². The first-order chi connectivity index (χ1) is 17.3. The van der Waals surface area contributed by atoms with E-state index in [0.717, 1.165) is 25.1 Å². The highest BCUT2D eigenvalue weighted by Crippen LogP contribution is 2.33. The fourth-order valence-electron chi connectivity index (χ4n) is 4.52. The van der Waals surface area contributed by atoms with Crippen molar-refractivity contribution in [2.75, 3.05) is 39.2 Å². The summed E-state index contributed by atoms with van der Waals surface area (Å²) in [6.07, 6.45) is 1.63. The number of carbonyl (C=O) groups excluding carboxylic acids is 2. The summed E-state index contributed by atoms with van der Waals surface area (Å²) >= 11 is 0. The summed E-state index contributed by atoms with van der Waals surface area (Å²) in [6, 6.07) is 12.9. The summed E-state index contributed by atoms with van der Waals surface area (Å²) in [5.41, 5.74) is 2.15. The third kappa shape index (κ3) is 6.17. The van der Waals surface area contributed by atoms with Crippen LogP contribution in [0.5, 0.6) is 11.5 Å². The molecule has 0 saturated heterocycles. The molecule has 0 spiro atoms. The Morgan fingerprint density at radius 1 is 1.25 bits per heavy atom. The molecule has 2 aromatic rings. The van der Waals surface area contributed by atoms with Crippen LogP contribution in [0.15, 0.2) is 42.5 Å². The van der Waals surface area contributed by atoms with E-state index in [1.165, 1.54) is 5.56 Å². The number of methoxy groups -OCH3 is 1. The average Bonchev–Trinajstić information content (AvgIpc) is 3.72. The standard InChI is InChI=1S/C28H37N3O5/c1-18-14-31(19(2)17-32)28(34)24-13-22(29-27(33)21-7-8-21)9-12-25(24)36-26(18)16-30(3)15-20-5-10-23(35-4)11-6-20/h5-6,9-13,18-19,21,26,32H,7-8,14-17H2,1-4H3,(H,29,33)/t18-,19+,26-/m1/s1. The normalized spacial score (nSPS) is 20.7. The number of aliphatic hydroxyl groups is 1. The molecule has 4 rings (SSSR count). The quantitative estimate of drug-likeness (QED) is 0.554. The molecule has 8 heteroatoms. The Labute approximate surface area is 213 Å². The average molecular weight is 496 g/mol. The highest BCUT2D eigenvalue weighted by atomic mass is 16.5. The van der Waals surface area contributed by atoms with Gasteiger partial charge in [-0.05, 0) is 62.7 Å². The number of aliphatic hydroxyl groups excluding tert-OH is 1. The van der Waals surface area contributed by atoms with Crippen molar-refractivity contribution in [2.45, 2.75) is 45.4 Å². The number of amides is 2. The first-order valence-electron chi connectivity index (χ1n) is 12.6. The van der Waals surface area contributed by atoms with E-state index in [-0.39, 0.29) is 42.4 Å². The number of rotatable bonds is 9. The van der Waals surface area contributed by atoms with Crippen LogP contribution < -0.4 is 14.8 Å². The van der Waals surface area contributed by atoms with E-state index in [1.807, 2.05) is 31.2 Å². The minimum atomic E-state index is -0.340. The number of benzene rings is 2. The maximum Gasteiger partial charge on any atom is 0.258 e. The lowest BCUT2D eigenvalue weighted by atomic mass is 9.99. The Kier molecular flexibility index (Phi) is 8.16. The molecule has 2 amide bonds. The molecule has 0 radical (unpaired) electrons. The SMILES string of the molecule is COc1ccc(CN(C)C[C@H]2Oc3ccc(NC(=O)C4CC4)cc3C(=O)N([C@@H](C)CO)C[C@H]2C)cc1. The van der Waals surface area contributed by atoms with E-state index in [4.69, 9.17) is 9.47 Å². The molecule has 1 heterocycles. The van der Waals surface area contributed by atoms with Gasteiger partial charge in [0, 0.05) is 37.2 Å². The molecule has 0 aromatic heterocycles. The van der Waals surface area contributed by atoms with Gasteiger partial charge in [0.2, 0.25) is 5.91 Å². The molecule has 0 unspecified atom stereocenters. The molecule has 1 aliphatic heterocycles. The van der Waals surface area contributed by atoms with Crippen molar-refractivity contribution >= 4 is 17.5 Å².